The fourth-order valence-corrected chi connectivity index (χ4v) is 6.12. The van der Waals surface area contributed by atoms with Crippen molar-refractivity contribution in [3.05, 3.63) is 108 Å². The Balaban J connectivity index is 0.875. The van der Waals surface area contributed by atoms with Crippen LogP contribution >= 0.6 is 0 Å². The van der Waals surface area contributed by atoms with Gasteiger partial charge in [-0.1, -0.05) is 36.4 Å². The van der Waals surface area contributed by atoms with Crippen LogP contribution in [-0.2, 0) is 6.54 Å². The van der Waals surface area contributed by atoms with Gasteiger partial charge < -0.3 is 20.3 Å². The third-order valence-electron chi connectivity index (χ3n) is 8.66. The van der Waals surface area contributed by atoms with E-state index in [4.69, 9.17) is 4.74 Å². The van der Waals surface area contributed by atoms with Crippen molar-refractivity contribution in [2.45, 2.75) is 19.4 Å². The van der Waals surface area contributed by atoms with E-state index in [1.54, 1.807) is 10.8 Å². The van der Waals surface area contributed by atoms with Gasteiger partial charge in [-0.15, -0.1) is 0 Å². The minimum atomic E-state index is -0.264. The number of aromatic nitrogens is 4. The van der Waals surface area contributed by atoms with E-state index in [2.05, 4.69) is 42.6 Å². The molecule has 7 rings (SSSR count). The van der Waals surface area contributed by atoms with E-state index in [-0.39, 0.29) is 5.69 Å². The summed E-state index contributed by atoms with van der Waals surface area (Å²) in [5, 5.41) is 10.2. The Bertz CT molecular complexity index is 1970. The first kappa shape index (κ1) is 28.7. The molecule has 1 fully saturated rings. The van der Waals surface area contributed by atoms with Crippen LogP contribution in [-0.4, -0.2) is 63.7 Å². The maximum atomic E-state index is 12.8. The highest BCUT2D eigenvalue weighted by molar-refractivity contribution is 5.91. The molecule has 1 saturated heterocycles. The molecule has 228 valence electrons. The van der Waals surface area contributed by atoms with Crippen molar-refractivity contribution in [2.75, 3.05) is 50.0 Å². The monoisotopic (exact) mass is 599 g/mol. The van der Waals surface area contributed by atoms with Crippen LogP contribution in [0, 0.1) is 5.92 Å². The molecule has 0 aliphatic carbocycles. The smallest absolute Gasteiger partial charge is 0.348 e. The Morgan fingerprint density at radius 2 is 1.40 bits per heavy atom. The summed E-state index contributed by atoms with van der Waals surface area (Å²) < 4.78 is 7.84. The lowest BCUT2D eigenvalue weighted by molar-refractivity contribution is 0.145. The molecular formula is C36H37N7O2. The van der Waals surface area contributed by atoms with Gasteiger partial charge in [-0.05, 0) is 68.2 Å². The number of nitrogens with one attached hydrogen (secondary N) is 2. The number of hydrogen-bond acceptors (Lipinski definition) is 8. The molecule has 3 aromatic carbocycles. The molecule has 1 aliphatic heterocycles. The van der Waals surface area contributed by atoms with Gasteiger partial charge in [0.25, 0.3) is 0 Å². The van der Waals surface area contributed by atoms with Crippen LogP contribution in [0.25, 0.3) is 32.7 Å². The zero-order valence-electron chi connectivity index (χ0n) is 25.2. The fraction of sp³-hybridized carbons (Fsp3) is 0.278. The van der Waals surface area contributed by atoms with Crippen molar-refractivity contribution in [1.29, 1.82) is 0 Å². The van der Waals surface area contributed by atoms with Gasteiger partial charge in [0.2, 0.25) is 0 Å². The number of benzene rings is 3. The van der Waals surface area contributed by atoms with E-state index in [1.807, 2.05) is 79.1 Å². The third-order valence-corrected chi connectivity index (χ3v) is 8.66. The summed E-state index contributed by atoms with van der Waals surface area (Å²) in [5.41, 5.74) is 4.49. The van der Waals surface area contributed by atoms with Gasteiger partial charge in [-0.2, -0.15) is 4.98 Å². The van der Waals surface area contributed by atoms with Crippen molar-refractivity contribution in [3.8, 4) is 5.75 Å². The molecule has 0 radical (unpaired) electrons. The highest BCUT2D eigenvalue weighted by Crippen LogP contribution is 2.24. The number of para-hydroxylation sites is 2. The van der Waals surface area contributed by atoms with E-state index in [0.717, 1.165) is 83.3 Å². The second kappa shape index (κ2) is 13.3. The lowest BCUT2D eigenvalue weighted by atomic mass is 9.98. The van der Waals surface area contributed by atoms with Gasteiger partial charge in [0, 0.05) is 78.4 Å². The van der Waals surface area contributed by atoms with E-state index in [1.165, 1.54) is 0 Å². The minimum absolute atomic E-state index is 0.264. The number of fused-ring (bicyclic) bond motifs is 3. The van der Waals surface area contributed by atoms with Crippen molar-refractivity contribution in [1.82, 2.24) is 24.4 Å². The molecule has 0 spiro atoms. The van der Waals surface area contributed by atoms with Gasteiger partial charge in [-0.3, -0.25) is 14.5 Å². The molecule has 4 heterocycles. The minimum Gasteiger partial charge on any atom is -0.493 e. The van der Waals surface area contributed by atoms with E-state index >= 15 is 0 Å². The van der Waals surface area contributed by atoms with Crippen LogP contribution in [0.15, 0.2) is 102 Å². The predicted molar refractivity (Wildman–Crippen MR) is 181 cm³/mol. The summed E-state index contributed by atoms with van der Waals surface area (Å²) in [6.45, 7) is 5.82. The van der Waals surface area contributed by atoms with E-state index in [9.17, 15) is 4.79 Å². The molecule has 9 heteroatoms. The maximum Gasteiger partial charge on any atom is 0.348 e. The van der Waals surface area contributed by atoms with Crippen LogP contribution in [0.2, 0.25) is 0 Å². The highest BCUT2D eigenvalue weighted by Gasteiger charge is 2.19. The van der Waals surface area contributed by atoms with Crippen molar-refractivity contribution in [2.24, 2.45) is 5.92 Å². The fourth-order valence-electron chi connectivity index (χ4n) is 6.12. The molecule has 0 bridgehead atoms. The molecule has 45 heavy (non-hydrogen) atoms. The molecule has 6 aromatic rings. The number of ether oxygens (including phenoxy) is 1. The van der Waals surface area contributed by atoms with Crippen LogP contribution < -0.4 is 21.1 Å². The van der Waals surface area contributed by atoms with Gasteiger partial charge in [-0.25, -0.2) is 4.79 Å². The largest absolute Gasteiger partial charge is 0.493 e. The lowest BCUT2D eigenvalue weighted by Crippen LogP contribution is -2.38. The normalized spacial score (nSPS) is 14.2. The zero-order chi connectivity index (χ0) is 30.4. The Morgan fingerprint density at radius 1 is 0.756 bits per heavy atom. The topological polar surface area (TPSA) is 97.2 Å². The number of rotatable bonds is 11. The predicted octanol–water partition coefficient (Wildman–Crippen LogP) is 5.81. The van der Waals surface area contributed by atoms with Crippen LogP contribution in [0.3, 0.4) is 0 Å². The van der Waals surface area contributed by atoms with E-state index in [0.29, 0.717) is 31.1 Å². The van der Waals surface area contributed by atoms with Crippen molar-refractivity contribution < 1.29 is 4.74 Å². The molecule has 0 saturated carbocycles. The summed E-state index contributed by atoms with van der Waals surface area (Å²) >= 11 is 0. The molecule has 1 aliphatic rings. The number of likely N-dealkylation sites (tertiary alicyclic amines) is 1. The standard InChI is InChI=1S/C36H37N7O2/c44-36-41-35-23-28(10-9-27(35)24-43(36)22-18-40-34-12-16-38-32-8-4-2-6-30(32)34)45-25-26-13-19-42(20-14-26)21-17-39-33-11-15-37-31-7-3-1-5-29(31)33/h1-12,15-16,23-24,26H,13-14,17-22,25H2,(H,37,39)(H,38,40). The van der Waals surface area contributed by atoms with Gasteiger partial charge in [0.05, 0.1) is 23.2 Å². The Labute approximate surface area is 261 Å². The molecule has 0 atom stereocenters. The second-order valence-electron chi connectivity index (χ2n) is 11.6. The third kappa shape index (κ3) is 6.73. The first-order valence-electron chi connectivity index (χ1n) is 15.7. The molecule has 9 nitrogen and oxygen atoms in total. The summed E-state index contributed by atoms with van der Waals surface area (Å²) in [4.78, 5) is 28.5. The lowest BCUT2D eigenvalue weighted by Gasteiger charge is -2.32. The number of hydrogen-bond donors (Lipinski definition) is 2. The summed E-state index contributed by atoms with van der Waals surface area (Å²) in [6.07, 6.45) is 7.75. The Morgan fingerprint density at radius 3 is 2.09 bits per heavy atom. The first-order chi connectivity index (χ1) is 22.2. The summed E-state index contributed by atoms with van der Waals surface area (Å²) in [5.74, 6) is 1.27. The highest BCUT2D eigenvalue weighted by atomic mass is 16.5. The SMILES string of the molecule is O=c1nc2cc(OCC3CCN(CCNc4ccnc5ccccc45)CC3)ccc2cn1CCNc1ccnc2ccccc12. The van der Waals surface area contributed by atoms with Crippen LogP contribution in [0.1, 0.15) is 12.8 Å². The Hall–Kier alpha value is -5.02. The quantitative estimate of drug-likeness (QED) is 0.193. The van der Waals surface area contributed by atoms with Gasteiger partial charge >= 0.3 is 5.69 Å². The number of pyridine rings is 2. The second-order valence-corrected chi connectivity index (χ2v) is 11.6. The summed E-state index contributed by atoms with van der Waals surface area (Å²) in [7, 11) is 0. The molecule has 0 amide bonds. The molecule has 0 unspecified atom stereocenters. The number of anilines is 2. The average Bonchev–Trinajstić information content (AvgIpc) is 3.08. The Kier molecular flexibility index (Phi) is 8.50. The van der Waals surface area contributed by atoms with Crippen LogP contribution in [0.5, 0.6) is 5.75 Å². The van der Waals surface area contributed by atoms with Crippen molar-refractivity contribution >= 4 is 44.1 Å². The van der Waals surface area contributed by atoms with Gasteiger partial charge in [0.1, 0.15) is 5.75 Å². The van der Waals surface area contributed by atoms with Crippen LogP contribution in [0.4, 0.5) is 11.4 Å². The van der Waals surface area contributed by atoms with E-state index < -0.39 is 0 Å². The first-order valence-corrected chi connectivity index (χ1v) is 15.7. The number of piperidine rings is 1. The van der Waals surface area contributed by atoms with Crippen molar-refractivity contribution in [3.63, 3.8) is 0 Å². The molecule has 3 aromatic heterocycles. The number of nitrogens with zero attached hydrogens (tertiary/aromatic N) is 5. The zero-order valence-corrected chi connectivity index (χ0v) is 25.2. The van der Waals surface area contributed by atoms with Gasteiger partial charge in [0.15, 0.2) is 0 Å². The molecule has 2 N–H and O–H groups in total. The molecular weight excluding hydrogens is 562 g/mol. The maximum absolute atomic E-state index is 12.8. The summed E-state index contributed by atoms with van der Waals surface area (Å²) in [6, 6.07) is 26.1. The average molecular weight is 600 g/mol.